The lowest BCUT2D eigenvalue weighted by molar-refractivity contribution is -0.187. The lowest BCUT2D eigenvalue weighted by Crippen LogP contribution is -2.60. The number of carbonyl (C=O) groups is 1. The molecule has 0 radical (unpaired) electrons. The monoisotopic (exact) mass is 571 g/mol. The zero-order chi connectivity index (χ0) is 29.3. The summed E-state index contributed by atoms with van der Waals surface area (Å²) in [4.78, 5) is 14.7. The first-order chi connectivity index (χ1) is 19.3. The van der Waals surface area contributed by atoms with Gasteiger partial charge in [-0.1, -0.05) is 48.5 Å². The molecular weight excluding hydrogens is 514 g/mol. The van der Waals surface area contributed by atoms with E-state index < -0.39 is 6.10 Å². The van der Waals surface area contributed by atoms with Crippen molar-refractivity contribution in [2.24, 2.45) is 56.7 Å². The number of likely N-dealkylation sites (tertiary alicyclic amines) is 1. The highest BCUT2D eigenvalue weighted by molar-refractivity contribution is 5.68. The maximum absolute atomic E-state index is 12.9. The number of nitrogens with zero attached hydrogens (tertiary/aromatic N) is 1. The Kier molecular flexibility index (Phi) is 6.41. The lowest BCUT2D eigenvalue weighted by atomic mass is 9.41. The minimum absolute atomic E-state index is 0.0505. The molecule has 0 aromatic rings. The number of hydrogen-bond acceptors (Lipinski definition) is 5. The number of methoxy groups -OCH3 is 1. The van der Waals surface area contributed by atoms with Crippen LogP contribution in [0.2, 0.25) is 0 Å². The Balaban J connectivity index is 1.18. The molecule has 6 heteroatoms. The third-order valence-electron chi connectivity index (χ3n) is 15.4. The summed E-state index contributed by atoms with van der Waals surface area (Å²) in [6.07, 6.45) is 9.77. The molecule has 1 unspecified atom stereocenters. The van der Waals surface area contributed by atoms with Gasteiger partial charge in [-0.3, -0.25) is 0 Å². The van der Waals surface area contributed by atoms with E-state index in [-0.39, 0.29) is 46.6 Å². The van der Waals surface area contributed by atoms with Gasteiger partial charge in [0.15, 0.2) is 0 Å². The van der Waals surface area contributed by atoms with Crippen LogP contribution in [0.3, 0.4) is 0 Å². The van der Waals surface area contributed by atoms with Crippen molar-refractivity contribution in [1.29, 1.82) is 0 Å². The van der Waals surface area contributed by atoms with Crippen molar-refractivity contribution < 1.29 is 24.1 Å². The molecule has 41 heavy (non-hydrogen) atoms. The van der Waals surface area contributed by atoms with Crippen LogP contribution in [0, 0.1) is 56.7 Å². The molecule has 232 valence electrons. The van der Waals surface area contributed by atoms with Gasteiger partial charge >= 0.3 is 6.09 Å². The Hall–Kier alpha value is -0.850. The van der Waals surface area contributed by atoms with Crippen molar-refractivity contribution in [2.75, 3.05) is 20.2 Å². The van der Waals surface area contributed by atoms with Crippen molar-refractivity contribution >= 4 is 6.09 Å². The topological polar surface area (TPSA) is 68.2 Å². The van der Waals surface area contributed by atoms with E-state index in [2.05, 4.69) is 48.5 Å². The van der Waals surface area contributed by atoms with Crippen molar-refractivity contribution in [3.63, 3.8) is 0 Å². The zero-order valence-electron chi connectivity index (χ0n) is 27.1. The summed E-state index contributed by atoms with van der Waals surface area (Å²) in [6, 6.07) is 0. The number of carbonyl (C=O) groups excluding carboxylic acids is 1. The second-order valence-electron chi connectivity index (χ2n) is 17.2. The average molecular weight is 572 g/mol. The van der Waals surface area contributed by atoms with E-state index in [1.54, 1.807) is 4.90 Å². The largest absolute Gasteiger partial charge is 0.443 e. The molecule has 2 saturated heterocycles. The standard InChI is InChI=1S/C35H57NO5/c1-20(2)27(41-30(38)36-16-9-17-36)22-18-21(3)26-28(40-22)29(37)33(7)24-11-10-23-31(4,5)25(39-8)12-13-34(23)19-35(24,34)15-14-32(26,33)6/h20-29,37H,9-19H2,1-8H3/t21-,22-,23+,24+,25+,26?,27-,28+,29+,32-,33-,34-,35+/m1/s1. The number of aliphatic hydroxyl groups is 1. The first kappa shape index (κ1) is 28.9. The maximum Gasteiger partial charge on any atom is 0.410 e. The van der Waals surface area contributed by atoms with Gasteiger partial charge in [-0.05, 0) is 109 Å². The van der Waals surface area contributed by atoms with Crippen molar-refractivity contribution in [3.05, 3.63) is 0 Å². The molecule has 5 saturated carbocycles. The molecule has 7 rings (SSSR count). The molecule has 0 bridgehead atoms. The summed E-state index contributed by atoms with van der Waals surface area (Å²) in [5.41, 5.74) is 0.881. The average Bonchev–Trinajstić information content (AvgIpc) is 3.50. The molecule has 2 aliphatic heterocycles. The van der Waals surface area contributed by atoms with E-state index >= 15 is 0 Å². The van der Waals surface area contributed by atoms with Crippen LogP contribution in [0.1, 0.15) is 106 Å². The van der Waals surface area contributed by atoms with Gasteiger partial charge in [0.05, 0.1) is 24.4 Å². The van der Waals surface area contributed by atoms with E-state index in [0.717, 1.165) is 25.9 Å². The predicted molar refractivity (Wildman–Crippen MR) is 158 cm³/mol. The highest BCUT2D eigenvalue weighted by atomic mass is 16.6. The second-order valence-corrected chi connectivity index (χ2v) is 17.2. The number of ether oxygens (including phenoxy) is 3. The predicted octanol–water partition coefficient (Wildman–Crippen LogP) is 6.68. The number of hydrogen-bond donors (Lipinski definition) is 1. The quantitative estimate of drug-likeness (QED) is 0.408. The summed E-state index contributed by atoms with van der Waals surface area (Å²) in [5.74, 6) is 2.17. The Morgan fingerprint density at radius 1 is 1.00 bits per heavy atom. The van der Waals surface area contributed by atoms with Crippen LogP contribution in [-0.4, -0.2) is 66.8 Å². The maximum atomic E-state index is 12.9. The lowest BCUT2D eigenvalue weighted by Gasteiger charge is -2.63. The molecule has 5 aliphatic carbocycles. The van der Waals surface area contributed by atoms with Crippen molar-refractivity contribution in [3.8, 4) is 0 Å². The molecule has 13 atom stereocenters. The first-order valence-electron chi connectivity index (χ1n) is 17.1. The number of amides is 1. The second kappa shape index (κ2) is 9.10. The minimum Gasteiger partial charge on any atom is -0.443 e. The molecule has 1 N–H and O–H groups in total. The molecule has 2 heterocycles. The van der Waals surface area contributed by atoms with Gasteiger partial charge in [0.25, 0.3) is 0 Å². The highest BCUT2D eigenvalue weighted by Crippen LogP contribution is 2.89. The molecule has 2 spiro atoms. The molecule has 7 aliphatic rings. The van der Waals surface area contributed by atoms with Crippen LogP contribution in [-0.2, 0) is 14.2 Å². The van der Waals surface area contributed by atoms with E-state index in [0.29, 0.717) is 40.6 Å². The van der Waals surface area contributed by atoms with Crippen molar-refractivity contribution in [1.82, 2.24) is 4.90 Å². The summed E-state index contributed by atoms with van der Waals surface area (Å²) in [5, 5.41) is 12.5. The zero-order valence-corrected chi connectivity index (χ0v) is 27.1. The fraction of sp³-hybridized carbons (Fsp3) is 0.971. The summed E-state index contributed by atoms with van der Waals surface area (Å²) < 4.78 is 19.2. The fourth-order valence-corrected chi connectivity index (χ4v) is 13.3. The van der Waals surface area contributed by atoms with Crippen LogP contribution in [0.15, 0.2) is 0 Å². The van der Waals surface area contributed by atoms with Crippen LogP contribution >= 0.6 is 0 Å². The van der Waals surface area contributed by atoms with E-state index in [4.69, 9.17) is 14.2 Å². The molecular formula is C35H57NO5. The Morgan fingerprint density at radius 2 is 1.68 bits per heavy atom. The third-order valence-corrected chi connectivity index (χ3v) is 15.4. The van der Waals surface area contributed by atoms with Gasteiger partial charge in [-0.15, -0.1) is 0 Å². The molecule has 7 fully saturated rings. The molecule has 6 nitrogen and oxygen atoms in total. The summed E-state index contributed by atoms with van der Waals surface area (Å²) in [6.45, 7) is 18.2. The number of rotatable bonds is 4. The molecule has 1 amide bonds. The minimum atomic E-state index is -0.485. The van der Waals surface area contributed by atoms with Gasteiger partial charge < -0.3 is 24.2 Å². The van der Waals surface area contributed by atoms with Gasteiger partial charge in [0.1, 0.15) is 6.10 Å². The van der Waals surface area contributed by atoms with Crippen LogP contribution < -0.4 is 0 Å². The molecule has 0 aromatic heterocycles. The number of aliphatic hydroxyl groups excluding tert-OH is 1. The van der Waals surface area contributed by atoms with Gasteiger partial charge in [0, 0.05) is 25.6 Å². The fourth-order valence-electron chi connectivity index (χ4n) is 13.3. The Bertz CT molecular complexity index is 1070. The van der Waals surface area contributed by atoms with Crippen LogP contribution in [0.5, 0.6) is 0 Å². The SMILES string of the molecule is CO[C@H]1CC[C@]23C[C@]24CC[C@]2(C)C5[C@H](C)C[C@H]([C@H](OC(=O)N6CCC6)C(C)C)O[C@@H]5[C@H](O)[C@@]2(C)[C@@H]4CC[C@H]3C1(C)C. The third kappa shape index (κ3) is 3.45. The van der Waals surface area contributed by atoms with E-state index in [1.165, 1.54) is 44.9 Å². The number of fused-ring (bicyclic) bond motifs is 4. The Labute approximate surface area is 248 Å². The van der Waals surface area contributed by atoms with Gasteiger partial charge in [0.2, 0.25) is 0 Å². The highest BCUT2D eigenvalue weighted by Gasteiger charge is 2.84. The van der Waals surface area contributed by atoms with Crippen LogP contribution in [0.25, 0.3) is 0 Å². The summed E-state index contributed by atoms with van der Waals surface area (Å²) >= 11 is 0. The van der Waals surface area contributed by atoms with Gasteiger partial charge in [-0.2, -0.15) is 0 Å². The van der Waals surface area contributed by atoms with Crippen LogP contribution in [0.4, 0.5) is 4.79 Å². The smallest absolute Gasteiger partial charge is 0.410 e. The Morgan fingerprint density at radius 3 is 2.32 bits per heavy atom. The first-order valence-corrected chi connectivity index (χ1v) is 17.1. The normalized spacial score (nSPS) is 53.7. The van der Waals surface area contributed by atoms with Crippen molar-refractivity contribution in [2.45, 2.75) is 137 Å². The van der Waals surface area contributed by atoms with Gasteiger partial charge in [-0.25, -0.2) is 4.79 Å². The summed E-state index contributed by atoms with van der Waals surface area (Å²) in [7, 11) is 1.91. The molecule has 0 aromatic carbocycles. The van der Waals surface area contributed by atoms with E-state index in [1.807, 2.05) is 7.11 Å². The van der Waals surface area contributed by atoms with E-state index in [9.17, 15) is 9.90 Å².